The summed E-state index contributed by atoms with van der Waals surface area (Å²) in [5, 5.41) is 15.4. The van der Waals surface area contributed by atoms with E-state index in [1.54, 1.807) is 6.07 Å². The summed E-state index contributed by atoms with van der Waals surface area (Å²) < 4.78 is 6.85. The minimum atomic E-state index is -0.991. The Kier molecular flexibility index (Phi) is 3.77. The van der Waals surface area contributed by atoms with E-state index in [9.17, 15) is 9.59 Å². The lowest BCUT2D eigenvalue weighted by Crippen LogP contribution is -2.22. The van der Waals surface area contributed by atoms with E-state index in [4.69, 9.17) is 9.84 Å². The number of carboxylic acid groups (broad SMARTS) is 1. The molecule has 2 heterocycles. The zero-order chi connectivity index (χ0) is 16.6. The van der Waals surface area contributed by atoms with Crippen LogP contribution in [0.4, 0.5) is 5.82 Å². The van der Waals surface area contributed by atoms with Gasteiger partial charge in [0.2, 0.25) is 5.91 Å². The maximum Gasteiger partial charge on any atom is 0.325 e. The van der Waals surface area contributed by atoms with Gasteiger partial charge in [-0.05, 0) is 31.0 Å². The number of hydrogen-bond donors (Lipinski definition) is 2. The summed E-state index contributed by atoms with van der Waals surface area (Å²) in [6.07, 6.45) is 1.51. The fourth-order valence-corrected chi connectivity index (χ4v) is 2.56. The fraction of sp³-hybridized carbons (Fsp3) is 0.312. The van der Waals surface area contributed by atoms with Gasteiger partial charge in [-0.15, -0.1) is 0 Å². The lowest BCUT2D eigenvalue weighted by atomic mass is 9.96. The Labute approximate surface area is 132 Å². The summed E-state index contributed by atoms with van der Waals surface area (Å²) in [6.45, 7) is 4.04. The van der Waals surface area contributed by atoms with Gasteiger partial charge in [0, 0.05) is 17.8 Å². The average molecular weight is 315 g/mol. The standard InChI is InChI=1S/C16H17N3O4/c1-9-5-11-12(8-23-13(11)6-10(9)2)16(22)17-14-3-4-19(18-14)7-15(20)21/h3-6,12H,7-8H2,1-2H3,(H,20,21)(H,17,18,22)/t12-/m1/s1. The number of nitrogens with zero attached hydrogens (tertiary/aromatic N) is 2. The predicted octanol–water partition coefficient (Wildman–Crippen LogP) is 1.70. The van der Waals surface area contributed by atoms with E-state index >= 15 is 0 Å². The summed E-state index contributed by atoms with van der Waals surface area (Å²) in [7, 11) is 0. The highest BCUT2D eigenvalue weighted by molar-refractivity contribution is 5.96. The average Bonchev–Trinajstić information content (AvgIpc) is 3.06. The molecule has 2 N–H and O–H groups in total. The molecule has 0 aliphatic carbocycles. The van der Waals surface area contributed by atoms with Gasteiger partial charge in [0.1, 0.15) is 24.8 Å². The molecule has 0 fully saturated rings. The molecular weight excluding hydrogens is 298 g/mol. The molecular formula is C16H17N3O4. The number of nitrogens with one attached hydrogen (secondary N) is 1. The largest absolute Gasteiger partial charge is 0.492 e. The van der Waals surface area contributed by atoms with E-state index < -0.39 is 11.9 Å². The number of carboxylic acids is 1. The van der Waals surface area contributed by atoms with Crippen LogP contribution in [0.2, 0.25) is 0 Å². The molecule has 3 rings (SSSR count). The summed E-state index contributed by atoms with van der Waals surface area (Å²) in [4.78, 5) is 23.1. The van der Waals surface area contributed by atoms with Crippen molar-refractivity contribution in [2.24, 2.45) is 0 Å². The third-order valence-electron chi connectivity index (χ3n) is 3.91. The fourth-order valence-electron chi connectivity index (χ4n) is 2.56. The monoisotopic (exact) mass is 315 g/mol. The van der Waals surface area contributed by atoms with Crippen molar-refractivity contribution in [3.8, 4) is 5.75 Å². The highest BCUT2D eigenvalue weighted by Crippen LogP contribution is 2.36. The van der Waals surface area contributed by atoms with Gasteiger partial charge >= 0.3 is 5.97 Å². The van der Waals surface area contributed by atoms with Crippen LogP contribution in [0.5, 0.6) is 5.75 Å². The van der Waals surface area contributed by atoms with Crippen molar-refractivity contribution in [3.05, 3.63) is 41.1 Å². The number of carbonyl (C=O) groups excluding carboxylic acids is 1. The second-order valence-corrected chi connectivity index (χ2v) is 5.62. The first-order valence-corrected chi connectivity index (χ1v) is 7.24. The van der Waals surface area contributed by atoms with E-state index in [1.807, 2.05) is 26.0 Å². The number of carbonyl (C=O) groups is 2. The molecule has 0 saturated carbocycles. The van der Waals surface area contributed by atoms with E-state index in [0.29, 0.717) is 12.4 Å². The van der Waals surface area contributed by atoms with Crippen LogP contribution in [0.1, 0.15) is 22.6 Å². The summed E-state index contributed by atoms with van der Waals surface area (Å²) >= 11 is 0. The number of aliphatic carboxylic acids is 1. The molecule has 1 aromatic heterocycles. The van der Waals surface area contributed by atoms with Gasteiger partial charge in [0.05, 0.1) is 0 Å². The maximum atomic E-state index is 12.4. The number of amides is 1. The topological polar surface area (TPSA) is 93.5 Å². The molecule has 0 radical (unpaired) electrons. The van der Waals surface area contributed by atoms with Crippen LogP contribution in [0.3, 0.4) is 0 Å². The Bertz CT molecular complexity index is 782. The number of anilines is 1. The Morgan fingerprint density at radius 1 is 1.39 bits per heavy atom. The highest BCUT2D eigenvalue weighted by atomic mass is 16.5. The van der Waals surface area contributed by atoms with Gasteiger partial charge in [-0.25, -0.2) is 0 Å². The van der Waals surface area contributed by atoms with Crippen LogP contribution in [-0.2, 0) is 16.1 Å². The molecule has 7 heteroatoms. The van der Waals surface area contributed by atoms with Gasteiger partial charge in [0.25, 0.3) is 0 Å². The van der Waals surface area contributed by atoms with Crippen molar-refractivity contribution >= 4 is 17.7 Å². The molecule has 0 spiro atoms. The number of hydrogen-bond acceptors (Lipinski definition) is 4. The van der Waals surface area contributed by atoms with Crippen molar-refractivity contribution in [1.82, 2.24) is 9.78 Å². The number of benzene rings is 1. The van der Waals surface area contributed by atoms with Gasteiger partial charge in [-0.2, -0.15) is 5.10 Å². The first-order chi connectivity index (χ1) is 10.9. The van der Waals surface area contributed by atoms with Crippen LogP contribution < -0.4 is 10.1 Å². The minimum absolute atomic E-state index is 0.215. The molecule has 2 aromatic rings. The van der Waals surface area contributed by atoms with Gasteiger partial charge in [-0.1, -0.05) is 6.07 Å². The first-order valence-electron chi connectivity index (χ1n) is 7.24. The number of aryl methyl sites for hydroxylation is 2. The number of aromatic nitrogens is 2. The summed E-state index contributed by atoms with van der Waals surface area (Å²) in [6, 6.07) is 5.49. The van der Waals surface area contributed by atoms with Crippen LogP contribution in [-0.4, -0.2) is 33.4 Å². The zero-order valence-electron chi connectivity index (χ0n) is 12.9. The Morgan fingerprint density at radius 2 is 2.13 bits per heavy atom. The second-order valence-electron chi connectivity index (χ2n) is 5.62. The lowest BCUT2D eigenvalue weighted by Gasteiger charge is -2.09. The maximum absolute atomic E-state index is 12.4. The molecule has 7 nitrogen and oxygen atoms in total. The molecule has 1 aliphatic heterocycles. The zero-order valence-corrected chi connectivity index (χ0v) is 12.9. The van der Waals surface area contributed by atoms with Crippen LogP contribution in [0, 0.1) is 13.8 Å². The molecule has 120 valence electrons. The van der Waals surface area contributed by atoms with Crippen molar-refractivity contribution in [1.29, 1.82) is 0 Å². The van der Waals surface area contributed by atoms with Crippen LogP contribution >= 0.6 is 0 Å². The first kappa shape index (κ1) is 15.1. The molecule has 0 bridgehead atoms. The SMILES string of the molecule is Cc1cc2c(cc1C)[C@H](C(=O)Nc1ccn(CC(=O)O)n1)CO2. The van der Waals surface area contributed by atoms with Gasteiger partial charge in [0.15, 0.2) is 5.82 Å². The third-order valence-corrected chi connectivity index (χ3v) is 3.91. The number of ether oxygens (including phenoxy) is 1. The summed E-state index contributed by atoms with van der Waals surface area (Å²) in [5.41, 5.74) is 3.10. The van der Waals surface area contributed by atoms with E-state index in [-0.39, 0.29) is 12.5 Å². The molecule has 23 heavy (non-hydrogen) atoms. The van der Waals surface area contributed by atoms with Crippen molar-refractivity contribution in [2.45, 2.75) is 26.3 Å². The molecule has 0 unspecified atom stereocenters. The molecule has 1 aromatic carbocycles. The number of rotatable bonds is 4. The summed E-state index contributed by atoms with van der Waals surface area (Å²) in [5.74, 6) is -0.533. The number of fused-ring (bicyclic) bond motifs is 1. The van der Waals surface area contributed by atoms with Crippen LogP contribution in [0.15, 0.2) is 24.4 Å². The Hall–Kier alpha value is -2.83. The van der Waals surface area contributed by atoms with Crippen LogP contribution in [0.25, 0.3) is 0 Å². The second kappa shape index (κ2) is 5.75. The molecule has 0 saturated heterocycles. The minimum Gasteiger partial charge on any atom is -0.492 e. The quantitative estimate of drug-likeness (QED) is 0.895. The molecule has 1 atom stereocenters. The molecule has 1 amide bonds. The van der Waals surface area contributed by atoms with Crippen molar-refractivity contribution < 1.29 is 19.4 Å². The van der Waals surface area contributed by atoms with Gasteiger partial charge in [-0.3, -0.25) is 14.3 Å². The van der Waals surface area contributed by atoms with E-state index in [1.165, 1.54) is 10.9 Å². The van der Waals surface area contributed by atoms with Gasteiger partial charge < -0.3 is 15.2 Å². The Morgan fingerprint density at radius 3 is 2.87 bits per heavy atom. The van der Waals surface area contributed by atoms with Crippen molar-refractivity contribution in [2.75, 3.05) is 11.9 Å². The predicted molar refractivity (Wildman–Crippen MR) is 82.6 cm³/mol. The van der Waals surface area contributed by atoms with Crippen molar-refractivity contribution in [3.63, 3.8) is 0 Å². The highest BCUT2D eigenvalue weighted by Gasteiger charge is 2.31. The normalized spacial score (nSPS) is 15.8. The van der Waals surface area contributed by atoms with E-state index in [2.05, 4.69) is 10.4 Å². The van der Waals surface area contributed by atoms with E-state index in [0.717, 1.165) is 22.4 Å². The molecule has 1 aliphatic rings. The lowest BCUT2D eigenvalue weighted by molar-refractivity contribution is -0.137. The smallest absolute Gasteiger partial charge is 0.325 e. The Balaban J connectivity index is 1.74. The third kappa shape index (κ3) is 3.03.